The Kier molecular flexibility index (Phi) is 4.75. The molecule has 2 aromatic rings. The molecule has 2 unspecified atom stereocenters. The fourth-order valence-corrected chi connectivity index (χ4v) is 4.24. The Hall–Kier alpha value is -2.96. The van der Waals surface area contributed by atoms with Crippen LogP contribution in [0.15, 0.2) is 24.3 Å². The van der Waals surface area contributed by atoms with Gasteiger partial charge in [0.05, 0.1) is 11.5 Å². The van der Waals surface area contributed by atoms with Crippen molar-refractivity contribution in [3.05, 3.63) is 41.2 Å². The van der Waals surface area contributed by atoms with Gasteiger partial charge in [-0.1, -0.05) is 6.42 Å². The summed E-state index contributed by atoms with van der Waals surface area (Å²) in [5.74, 6) is -0.168. The molecule has 1 aromatic carbocycles. The number of carboxylic acid groups (broad SMARTS) is 1. The van der Waals surface area contributed by atoms with E-state index in [4.69, 9.17) is 9.47 Å². The van der Waals surface area contributed by atoms with Gasteiger partial charge in [0, 0.05) is 29.2 Å². The molecular formula is C21H24N2O5. The summed E-state index contributed by atoms with van der Waals surface area (Å²) in [6, 6.07) is 7.24. The number of nitrogens with zero attached hydrogens (tertiary/aromatic N) is 1. The SMILES string of the molecule is Cc1cc(C(=O)NC2CCCC2C(=O)O)c(C)n1-c1ccc2c(c1)OCCO2. The van der Waals surface area contributed by atoms with Gasteiger partial charge in [-0.05, 0) is 44.9 Å². The smallest absolute Gasteiger partial charge is 0.308 e. The van der Waals surface area contributed by atoms with Crippen molar-refractivity contribution in [3.63, 3.8) is 0 Å². The minimum absolute atomic E-state index is 0.227. The van der Waals surface area contributed by atoms with Crippen molar-refractivity contribution in [2.24, 2.45) is 5.92 Å². The normalized spacial score (nSPS) is 20.8. The molecule has 1 aliphatic carbocycles. The molecule has 7 heteroatoms. The first-order valence-electron chi connectivity index (χ1n) is 9.58. The van der Waals surface area contributed by atoms with Gasteiger partial charge >= 0.3 is 5.97 Å². The molecule has 0 bridgehead atoms. The molecule has 28 heavy (non-hydrogen) atoms. The van der Waals surface area contributed by atoms with Crippen LogP contribution in [0.5, 0.6) is 11.5 Å². The highest BCUT2D eigenvalue weighted by Gasteiger charge is 2.34. The summed E-state index contributed by atoms with van der Waals surface area (Å²) < 4.78 is 13.2. The van der Waals surface area contributed by atoms with Crippen LogP contribution in [0.1, 0.15) is 41.0 Å². The quantitative estimate of drug-likeness (QED) is 0.846. The van der Waals surface area contributed by atoms with E-state index in [2.05, 4.69) is 5.32 Å². The number of carbonyl (C=O) groups excluding carboxylic acids is 1. The molecule has 148 valence electrons. The zero-order valence-electron chi connectivity index (χ0n) is 16.0. The third-order valence-corrected chi connectivity index (χ3v) is 5.61. The first kappa shape index (κ1) is 18.4. The number of benzene rings is 1. The molecule has 1 saturated carbocycles. The van der Waals surface area contributed by atoms with Gasteiger partial charge in [0.25, 0.3) is 5.91 Å². The standard InChI is InChI=1S/C21H24N2O5/c1-12-10-16(20(24)22-17-5-3-4-15(17)21(25)26)13(2)23(12)14-6-7-18-19(11-14)28-9-8-27-18/h6-7,10-11,15,17H,3-5,8-9H2,1-2H3,(H,22,24)(H,25,26). The monoisotopic (exact) mass is 384 g/mol. The van der Waals surface area contributed by atoms with Crippen LogP contribution in [-0.4, -0.2) is 40.8 Å². The van der Waals surface area contributed by atoms with E-state index in [0.29, 0.717) is 37.4 Å². The van der Waals surface area contributed by atoms with Crippen molar-refractivity contribution >= 4 is 11.9 Å². The number of aromatic nitrogens is 1. The van der Waals surface area contributed by atoms with E-state index >= 15 is 0 Å². The van der Waals surface area contributed by atoms with E-state index in [1.165, 1.54) is 0 Å². The van der Waals surface area contributed by atoms with Crippen molar-refractivity contribution in [2.45, 2.75) is 39.2 Å². The average molecular weight is 384 g/mol. The largest absolute Gasteiger partial charge is 0.486 e. The van der Waals surface area contributed by atoms with E-state index in [0.717, 1.165) is 29.2 Å². The van der Waals surface area contributed by atoms with Crippen LogP contribution in [0, 0.1) is 19.8 Å². The van der Waals surface area contributed by atoms with Crippen molar-refractivity contribution in [2.75, 3.05) is 13.2 Å². The highest BCUT2D eigenvalue weighted by molar-refractivity contribution is 5.96. The van der Waals surface area contributed by atoms with E-state index in [9.17, 15) is 14.7 Å². The van der Waals surface area contributed by atoms with E-state index in [1.54, 1.807) is 0 Å². The average Bonchev–Trinajstić information content (AvgIpc) is 3.25. The number of amides is 1. The summed E-state index contributed by atoms with van der Waals surface area (Å²) >= 11 is 0. The molecule has 2 aliphatic rings. The fraction of sp³-hybridized carbons (Fsp3) is 0.429. The number of nitrogens with one attached hydrogen (secondary N) is 1. The molecule has 0 radical (unpaired) electrons. The minimum Gasteiger partial charge on any atom is -0.486 e. The fourth-order valence-electron chi connectivity index (χ4n) is 4.24. The summed E-state index contributed by atoms with van der Waals surface area (Å²) in [6.45, 7) is 4.88. The van der Waals surface area contributed by atoms with Gasteiger partial charge in [0.1, 0.15) is 13.2 Å². The van der Waals surface area contributed by atoms with Gasteiger partial charge in [0.15, 0.2) is 11.5 Å². The zero-order chi connectivity index (χ0) is 19.8. The Morgan fingerprint density at radius 3 is 2.61 bits per heavy atom. The van der Waals surface area contributed by atoms with Crippen molar-refractivity contribution in [1.29, 1.82) is 0 Å². The van der Waals surface area contributed by atoms with Crippen LogP contribution in [-0.2, 0) is 4.79 Å². The Bertz CT molecular complexity index is 933. The molecule has 1 aliphatic heterocycles. The highest BCUT2D eigenvalue weighted by Crippen LogP contribution is 2.33. The Morgan fingerprint density at radius 1 is 1.11 bits per heavy atom. The summed E-state index contributed by atoms with van der Waals surface area (Å²) in [7, 11) is 0. The number of fused-ring (bicyclic) bond motifs is 1. The number of hydrogen-bond donors (Lipinski definition) is 2. The molecule has 1 amide bonds. The summed E-state index contributed by atoms with van der Waals surface area (Å²) in [5, 5.41) is 12.3. The predicted octanol–water partition coefficient (Wildman–Crippen LogP) is 2.85. The molecule has 0 saturated heterocycles. The first-order chi connectivity index (χ1) is 13.5. The Labute approximate surface area is 163 Å². The third-order valence-electron chi connectivity index (χ3n) is 5.61. The van der Waals surface area contributed by atoms with Crippen molar-refractivity contribution < 1.29 is 24.2 Å². The second-order valence-electron chi connectivity index (χ2n) is 7.40. The lowest BCUT2D eigenvalue weighted by Crippen LogP contribution is -2.40. The molecular weight excluding hydrogens is 360 g/mol. The minimum atomic E-state index is -0.843. The van der Waals surface area contributed by atoms with Gasteiger partial charge in [-0.2, -0.15) is 0 Å². The van der Waals surface area contributed by atoms with Crippen LogP contribution in [0.25, 0.3) is 5.69 Å². The van der Waals surface area contributed by atoms with Crippen LogP contribution in [0.3, 0.4) is 0 Å². The molecule has 4 rings (SSSR count). The number of carboxylic acids is 1. The Balaban J connectivity index is 1.61. The molecule has 1 aromatic heterocycles. The second kappa shape index (κ2) is 7.22. The predicted molar refractivity (Wildman–Crippen MR) is 102 cm³/mol. The maximum atomic E-state index is 12.9. The molecule has 2 atom stereocenters. The number of hydrogen-bond acceptors (Lipinski definition) is 4. The lowest BCUT2D eigenvalue weighted by Gasteiger charge is -2.20. The van der Waals surface area contributed by atoms with Crippen molar-refractivity contribution in [1.82, 2.24) is 9.88 Å². The molecule has 1 fully saturated rings. The first-order valence-corrected chi connectivity index (χ1v) is 9.58. The maximum absolute atomic E-state index is 12.9. The number of rotatable bonds is 4. The highest BCUT2D eigenvalue weighted by atomic mass is 16.6. The maximum Gasteiger partial charge on any atom is 0.308 e. The lowest BCUT2D eigenvalue weighted by atomic mass is 10.0. The molecule has 2 N–H and O–H groups in total. The summed E-state index contributed by atoms with van der Waals surface area (Å²) in [5.41, 5.74) is 3.17. The number of aliphatic carboxylic acids is 1. The Morgan fingerprint density at radius 2 is 1.86 bits per heavy atom. The van der Waals surface area contributed by atoms with Crippen LogP contribution in [0.2, 0.25) is 0 Å². The number of ether oxygens (including phenoxy) is 2. The summed E-state index contributed by atoms with van der Waals surface area (Å²) in [4.78, 5) is 24.2. The second-order valence-corrected chi connectivity index (χ2v) is 7.40. The summed E-state index contributed by atoms with van der Waals surface area (Å²) in [6.07, 6.45) is 2.12. The van der Waals surface area contributed by atoms with Gasteiger partial charge in [-0.15, -0.1) is 0 Å². The number of aryl methyl sites for hydroxylation is 1. The molecule has 7 nitrogen and oxygen atoms in total. The zero-order valence-corrected chi connectivity index (χ0v) is 16.0. The van der Waals surface area contributed by atoms with E-state index in [-0.39, 0.29) is 11.9 Å². The van der Waals surface area contributed by atoms with Gasteiger partial charge in [0.2, 0.25) is 0 Å². The van der Waals surface area contributed by atoms with E-state index in [1.807, 2.05) is 42.7 Å². The topological polar surface area (TPSA) is 89.8 Å². The lowest BCUT2D eigenvalue weighted by molar-refractivity contribution is -0.142. The molecule has 0 spiro atoms. The van der Waals surface area contributed by atoms with Gasteiger partial charge in [-0.3, -0.25) is 9.59 Å². The van der Waals surface area contributed by atoms with Gasteiger partial charge < -0.3 is 24.5 Å². The number of carbonyl (C=O) groups is 2. The van der Waals surface area contributed by atoms with Crippen molar-refractivity contribution in [3.8, 4) is 17.2 Å². The van der Waals surface area contributed by atoms with E-state index < -0.39 is 11.9 Å². The van der Waals surface area contributed by atoms with Crippen LogP contribution >= 0.6 is 0 Å². The molecule has 2 heterocycles. The van der Waals surface area contributed by atoms with Crippen LogP contribution in [0.4, 0.5) is 0 Å². The van der Waals surface area contributed by atoms with Gasteiger partial charge in [-0.25, -0.2) is 0 Å². The van der Waals surface area contributed by atoms with Crippen LogP contribution < -0.4 is 14.8 Å². The third kappa shape index (κ3) is 3.21.